The number of nitrogens with one attached hydrogen (secondary N) is 1. The number of halogens is 1. The van der Waals surface area contributed by atoms with Crippen LogP contribution in [0.2, 0.25) is 5.02 Å². The number of nitrogens with zero attached hydrogens (tertiary/aromatic N) is 3. The SMILES string of the molecule is Cc1ncsc1-c1nnc(CNC(=O)Cc2cccc(Cl)c2)o1. The Morgan fingerprint density at radius 2 is 2.26 bits per heavy atom. The van der Waals surface area contributed by atoms with Gasteiger partial charge in [0.15, 0.2) is 0 Å². The Bertz CT molecular complexity index is 830. The maximum Gasteiger partial charge on any atom is 0.259 e. The smallest absolute Gasteiger partial charge is 0.259 e. The zero-order valence-electron chi connectivity index (χ0n) is 12.2. The molecule has 0 unspecified atom stereocenters. The van der Waals surface area contributed by atoms with Gasteiger partial charge in [-0.05, 0) is 24.6 Å². The van der Waals surface area contributed by atoms with Gasteiger partial charge in [0, 0.05) is 5.02 Å². The van der Waals surface area contributed by atoms with Crippen LogP contribution in [-0.4, -0.2) is 21.1 Å². The quantitative estimate of drug-likeness (QED) is 0.766. The Morgan fingerprint density at radius 3 is 3.00 bits per heavy atom. The van der Waals surface area contributed by atoms with Gasteiger partial charge in [0.1, 0.15) is 4.88 Å². The van der Waals surface area contributed by atoms with Gasteiger partial charge in [0.05, 0.1) is 24.2 Å². The normalized spacial score (nSPS) is 10.7. The lowest BCUT2D eigenvalue weighted by Gasteiger charge is -2.03. The van der Waals surface area contributed by atoms with E-state index in [1.165, 1.54) is 11.3 Å². The van der Waals surface area contributed by atoms with E-state index in [0.29, 0.717) is 16.8 Å². The number of benzene rings is 1. The van der Waals surface area contributed by atoms with E-state index in [2.05, 4.69) is 20.5 Å². The van der Waals surface area contributed by atoms with Crippen LogP contribution in [0, 0.1) is 6.92 Å². The van der Waals surface area contributed by atoms with Crippen LogP contribution in [0.15, 0.2) is 34.2 Å². The number of hydrogen-bond donors (Lipinski definition) is 1. The zero-order chi connectivity index (χ0) is 16.2. The van der Waals surface area contributed by atoms with Gasteiger partial charge < -0.3 is 9.73 Å². The Balaban J connectivity index is 1.57. The average Bonchev–Trinajstić information content (AvgIpc) is 3.13. The summed E-state index contributed by atoms with van der Waals surface area (Å²) < 4.78 is 5.54. The summed E-state index contributed by atoms with van der Waals surface area (Å²) in [5.41, 5.74) is 3.41. The molecule has 8 heteroatoms. The van der Waals surface area contributed by atoms with E-state index in [1.807, 2.05) is 19.1 Å². The zero-order valence-corrected chi connectivity index (χ0v) is 13.8. The number of carbonyl (C=O) groups is 1. The van der Waals surface area contributed by atoms with Crippen LogP contribution in [-0.2, 0) is 17.8 Å². The summed E-state index contributed by atoms with van der Waals surface area (Å²) in [7, 11) is 0. The summed E-state index contributed by atoms with van der Waals surface area (Å²) >= 11 is 7.33. The minimum Gasteiger partial charge on any atom is -0.418 e. The van der Waals surface area contributed by atoms with E-state index in [9.17, 15) is 4.79 Å². The van der Waals surface area contributed by atoms with Crippen molar-refractivity contribution in [1.82, 2.24) is 20.5 Å². The molecule has 0 aliphatic carbocycles. The van der Waals surface area contributed by atoms with Crippen LogP contribution < -0.4 is 5.32 Å². The van der Waals surface area contributed by atoms with Gasteiger partial charge in [-0.25, -0.2) is 4.98 Å². The summed E-state index contributed by atoms with van der Waals surface area (Å²) in [6, 6.07) is 7.19. The molecule has 2 heterocycles. The highest BCUT2D eigenvalue weighted by Gasteiger charge is 2.13. The first-order chi connectivity index (χ1) is 11.1. The average molecular weight is 349 g/mol. The maximum absolute atomic E-state index is 11.9. The van der Waals surface area contributed by atoms with E-state index in [1.54, 1.807) is 17.6 Å². The second-order valence-electron chi connectivity index (χ2n) is 4.85. The molecule has 0 spiro atoms. The Labute approximate surface area is 141 Å². The van der Waals surface area contributed by atoms with Gasteiger partial charge >= 0.3 is 0 Å². The van der Waals surface area contributed by atoms with Crippen LogP contribution in [0.1, 0.15) is 17.1 Å². The fourth-order valence-electron chi connectivity index (χ4n) is 1.99. The van der Waals surface area contributed by atoms with Crippen LogP contribution >= 0.6 is 22.9 Å². The van der Waals surface area contributed by atoms with E-state index in [0.717, 1.165) is 16.1 Å². The van der Waals surface area contributed by atoms with E-state index in [-0.39, 0.29) is 18.9 Å². The van der Waals surface area contributed by atoms with Crippen LogP contribution in [0.5, 0.6) is 0 Å². The molecule has 2 aromatic heterocycles. The third-order valence-corrected chi connectivity index (χ3v) is 4.25. The van der Waals surface area contributed by atoms with Crippen molar-refractivity contribution in [1.29, 1.82) is 0 Å². The molecule has 1 aromatic carbocycles. The summed E-state index contributed by atoms with van der Waals surface area (Å²) in [6.07, 6.45) is 0.246. The van der Waals surface area contributed by atoms with Gasteiger partial charge in [-0.1, -0.05) is 23.7 Å². The van der Waals surface area contributed by atoms with Crippen molar-refractivity contribution in [3.63, 3.8) is 0 Å². The molecular formula is C15H13ClN4O2S. The highest BCUT2D eigenvalue weighted by atomic mass is 35.5. The molecule has 3 rings (SSSR count). The minimum absolute atomic E-state index is 0.138. The Hall–Kier alpha value is -2.25. The third kappa shape index (κ3) is 3.94. The molecule has 3 aromatic rings. The number of thiazole rings is 1. The molecule has 6 nitrogen and oxygen atoms in total. The molecule has 1 N–H and O–H groups in total. The van der Waals surface area contributed by atoms with Gasteiger partial charge in [-0.3, -0.25) is 4.79 Å². The van der Waals surface area contributed by atoms with Gasteiger partial charge in [-0.15, -0.1) is 21.5 Å². The third-order valence-electron chi connectivity index (χ3n) is 3.10. The first-order valence-electron chi connectivity index (χ1n) is 6.86. The van der Waals surface area contributed by atoms with Crippen molar-refractivity contribution in [2.75, 3.05) is 0 Å². The predicted octanol–water partition coefficient (Wildman–Crippen LogP) is 3.01. The lowest BCUT2D eigenvalue weighted by atomic mass is 10.1. The molecule has 118 valence electrons. The summed E-state index contributed by atoms with van der Waals surface area (Å²) in [5.74, 6) is 0.636. The number of aryl methyl sites for hydroxylation is 1. The van der Waals surface area contributed by atoms with Crippen LogP contribution in [0.3, 0.4) is 0 Å². The topological polar surface area (TPSA) is 80.9 Å². The fraction of sp³-hybridized carbons (Fsp3) is 0.200. The largest absolute Gasteiger partial charge is 0.418 e. The summed E-state index contributed by atoms with van der Waals surface area (Å²) in [5, 5.41) is 11.3. The molecule has 0 aliphatic rings. The Morgan fingerprint density at radius 1 is 1.39 bits per heavy atom. The molecule has 0 fully saturated rings. The van der Waals surface area contributed by atoms with Crippen molar-refractivity contribution in [3.8, 4) is 10.8 Å². The minimum atomic E-state index is -0.138. The van der Waals surface area contributed by atoms with Gasteiger partial charge in [0.2, 0.25) is 11.8 Å². The van der Waals surface area contributed by atoms with E-state index < -0.39 is 0 Å². The molecule has 0 saturated carbocycles. The molecule has 1 amide bonds. The van der Waals surface area contributed by atoms with Gasteiger partial charge in [-0.2, -0.15) is 0 Å². The van der Waals surface area contributed by atoms with Gasteiger partial charge in [0.25, 0.3) is 5.89 Å². The second kappa shape index (κ2) is 6.89. The number of hydrogen-bond acceptors (Lipinski definition) is 6. The maximum atomic E-state index is 11.9. The summed E-state index contributed by atoms with van der Waals surface area (Å²) in [6.45, 7) is 2.06. The number of amides is 1. The first-order valence-corrected chi connectivity index (χ1v) is 8.11. The number of rotatable bonds is 5. The van der Waals surface area contributed by atoms with Crippen molar-refractivity contribution in [2.45, 2.75) is 19.9 Å². The molecule has 0 atom stereocenters. The highest BCUT2D eigenvalue weighted by molar-refractivity contribution is 7.13. The molecule has 23 heavy (non-hydrogen) atoms. The fourth-order valence-corrected chi connectivity index (χ4v) is 2.93. The molecule has 0 saturated heterocycles. The second-order valence-corrected chi connectivity index (χ2v) is 6.14. The first kappa shape index (κ1) is 15.6. The number of aromatic nitrogens is 3. The molecule has 0 aliphatic heterocycles. The van der Waals surface area contributed by atoms with E-state index in [4.69, 9.17) is 16.0 Å². The van der Waals surface area contributed by atoms with Crippen molar-refractivity contribution in [3.05, 3.63) is 51.9 Å². The molecule has 0 radical (unpaired) electrons. The van der Waals surface area contributed by atoms with E-state index >= 15 is 0 Å². The van der Waals surface area contributed by atoms with Crippen molar-refractivity contribution < 1.29 is 9.21 Å². The lowest BCUT2D eigenvalue weighted by molar-refractivity contribution is -0.120. The van der Waals surface area contributed by atoms with Crippen LogP contribution in [0.25, 0.3) is 10.8 Å². The van der Waals surface area contributed by atoms with Crippen LogP contribution in [0.4, 0.5) is 0 Å². The van der Waals surface area contributed by atoms with Crippen molar-refractivity contribution in [2.24, 2.45) is 0 Å². The van der Waals surface area contributed by atoms with Crippen molar-refractivity contribution >= 4 is 28.8 Å². The lowest BCUT2D eigenvalue weighted by Crippen LogP contribution is -2.24. The molecular weight excluding hydrogens is 336 g/mol. The highest BCUT2D eigenvalue weighted by Crippen LogP contribution is 2.25. The molecule has 0 bridgehead atoms. The predicted molar refractivity (Wildman–Crippen MR) is 87.1 cm³/mol. The monoisotopic (exact) mass is 348 g/mol. The Kier molecular flexibility index (Phi) is 4.68. The number of carbonyl (C=O) groups excluding carboxylic acids is 1. The standard InChI is InChI=1S/C15H13ClN4O2S/c1-9-14(23-8-18-9)15-20-19-13(22-15)7-17-12(21)6-10-3-2-4-11(16)5-10/h2-5,8H,6-7H2,1H3,(H,17,21). The summed E-state index contributed by atoms with van der Waals surface area (Å²) in [4.78, 5) is 16.9.